The van der Waals surface area contributed by atoms with E-state index in [1.165, 1.54) is 4.90 Å². The van der Waals surface area contributed by atoms with Gasteiger partial charge < -0.3 is 15.0 Å². The van der Waals surface area contributed by atoms with Gasteiger partial charge in [-0.05, 0) is 49.2 Å². The number of nitrogens with zero attached hydrogens (tertiary/aromatic N) is 1. The number of para-hydroxylation sites is 1. The lowest BCUT2D eigenvalue weighted by Crippen LogP contribution is -2.32. The SMILES string of the molecule is CCC(Oc1ccccc1C)C(=O)Nc1ccc(C(=O)N(C)C)cc1. The second-order valence-corrected chi connectivity index (χ2v) is 6.05. The molecule has 0 aliphatic carbocycles. The van der Waals surface area contributed by atoms with Crippen LogP contribution in [0.5, 0.6) is 5.75 Å². The molecule has 2 aromatic rings. The molecule has 1 atom stereocenters. The largest absolute Gasteiger partial charge is 0.480 e. The van der Waals surface area contributed by atoms with E-state index in [0.717, 1.165) is 5.56 Å². The number of carbonyl (C=O) groups is 2. The maximum absolute atomic E-state index is 12.5. The molecular formula is C20H24N2O3. The summed E-state index contributed by atoms with van der Waals surface area (Å²) in [6, 6.07) is 14.4. The van der Waals surface area contributed by atoms with Gasteiger partial charge in [-0.1, -0.05) is 25.1 Å². The maximum Gasteiger partial charge on any atom is 0.265 e. The van der Waals surface area contributed by atoms with Crippen LogP contribution in [0.4, 0.5) is 5.69 Å². The van der Waals surface area contributed by atoms with Gasteiger partial charge in [0.15, 0.2) is 6.10 Å². The van der Waals surface area contributed by atoms with Crippen LogP contribution in [0.25, 0.3) is 0 Å². The molecule has 0 aliphatic rings. The minimum atomic E-state index is -0.579. The topological polar surface area (TPSA) is 58.6 Å². The molecule has 0 aromatic heterocycles. The van der Waals surface area contributed by atoms with Gasteiger partial charge in [-0.2, -0.15) is 0 Å². The zero-order valence-corrected chi connectivity index (χ0v) is 15.1. The smallest absolute Gasteiger partial charge is 0.265 e. The first-order valence-electron chi connectivity index (χ1n) is 8.27. The van der Waals surface area contributed by atoms with Crippen LogP contribution in [-0.4, -0.2) is 36.9 Å². The average Bonchev–Trinajstić information content (AvgIpc) is 2.60. The minimum Gasteiger partial charge on any atom is -0.480 e. The third-order valence-electron chi connectivity index (χ3n) is 3.83. The van der Waals surface area contributed by atoms with Gasteiger partial charge in [0.1, 0.15) is 5.75 Å². The van der Waals surface area contributed by atoms with Crippen molar-refractivity contribution < 1.29 is 14.3 Å². The first-order valence-corrected chi connectivity index (χ1v) is 8.27. The molecule has 0 spiro atoms. The average molecular weight is 340 g/mol. The van der Waals surface area contributed by atoms with Crippen LogP contribution in [0.1, 0.15) is 29.3 Å². The van der Waals surface area contributed by atoms with Crippen molar-refractivity contribution >= 4 is 17.5 Å². The fourth-order valence-corrected chi connectivity index (χ4v) is 2.34. The molecule has 2 amide bonds. The summed E-state index contributed by atoms with van der Waals surface area (Å²) in [7, 11) is 3.40. The van der Waals surface area contributed by atoms with Crippen LogP contribution in [0.3, 0.4) is 0 Å². The third-order valence-corrected chi connectivity index (χ3v) is 3.83. The summed E-state index contributed by atoms with van der Waals surface area (Å²) in [4.78, 5) is 25.9. The molecule has 0 radical (unpaired) electrons. The lowest BCUT2D eigenvalue weighted by molar-refractivity contribution is -0.122. The van der Waals surface area contributed by atoms with E-state index in [1.807, 2.05) is 38.1 Å². The second-order valence-electron chi connectivity index (χ2n) is 6.05. The highest BCUT2D eigenvalue weighted by Crippen LogP contribution is 2.20. The van der Waals surface area contributed by atoms with Crippen molar-refractivity contribution in [2.45, 2.75) is 26.4 Å². The number of hydrogen-bond acceptors (Lipinski definition) is 3. The highest BCUT2D eigenvalue weighted by molar-refractivity contribution is 5.96. The van der Waals surface area contributed by atoms with Crippen LogP contribution in [0, 0.1) is 6.92 Å². The molecule has 2 rings (SSSR count). The first-order chi connectivity index (χ1) is 11.9. The van der Waals surface area contributed by atoms with Crippen LogP contribution in [-0.2, 0) is 4.79 Å². The Hall–Kier alpha value is -2.82. The Balaban J connectivity index is 2.04. The van der Waals surface area contributed by atoms with Crippen molar-refractivity contribution in [3.8, 4) is 5.75 Å². The number of amides is 2. The maximum atomic E-state index is 12.5. The second kappa shape index (κ2) is 8.33. The van der Waals surface area contributed by atoms with Crippen LogP contribution in [0.2, 0.25) is 0 Å². The fourth-order valence-electron chi connectivity index (χ4n) is 2.34. The van der Waals surface area contributed by atoms with Gasteiger partial charge in [0, 0.05) is 25.3 Å². The van der Waals surface area contributed by atoms with Gasteiger partial charge in [-0.25, -0.2) is 0 Å². The Morgan fingerprint density at radius 1 is 1.08 bits per heavy atom. The molecule has 0 heterocycles. The summed E-state index contributed by atoms with van der Waals surface area (Å²) in [6.07, 6.45) is -0.0265. The van der Waals surface area contributed by atoms with Crippen LogP contribution >= 0.6 is 0 Å². The Kier molecular flexibility index (Phi) is 6.17. The van der Waals surface area contributed by atoms with Gasteiger partial charge in [0.25, 0.3) is 11.8 Å². The highest BCUT2D eigenvalue weighted by atomic mass is 16.5. The zero-order valence-electron chi connectivity index (χ0n) is 15.1. The lowest BCUT2D eigenvalue weighted by Gasteiger charge is -2.18. The Morgan fingerprint density at radius 2 is 1.72 bits per heavy atom. The molecule has 2 aromatic carbocycles. The van der Waals surface area contributed by atoms with Gasteiger partial charge in [-0.3, -0.25) is 9.59 Å². The molecule has 0 saturated heterocycles. The lowest BCUT2D eigenvalue weighted by atomic mass is 10.1. The van der Waals surface area contributed by atoms with Gasteiger partial charge in [-0.15, -0.1) is 0 Å². The van der Waals surface area contributed by atoms with E-state index in [4.69, 9.17) is 4.74 Å². The number of aryl methyl sites for hydroxylation is 1. The Labute approximate surface area is 148 Å². The Morgan fingerprint density at radius 3 is 2.28 bits per heavy atom. The predicted octanol–water partition coefficient (Wildman–Crippen LogP) is 3.49. The summed E-state index contributed by atoms with van der Waals surface area (Å²) >= 11 is 0. The summed E-state index contributed by atoms with van der Waals surface area (Å²) in [5, 5.41) is 2.84. The number of rotatable bonds is 6. The van der Waals surface area contributed by atoms with Crippen LogP contribution < -0.4 is 10.1 Å². The molecule has 5 nitrogen and oxygen atoms in total. The molecule has 0 saturated carbocycles. The van der Waals surface area contributed by atoms with E-state index >= 15 is 0 Å². The van der Waals surface area contributed by atoms with E-state index in [-0.39, 0.29) is 11.8 Å². The molecule has 1 unspecified atom stereocenters. The molecular weight excluding hydrogens is 316 g/mol. The summed E-state index contributed by atoms with van der Waals surface area (Å²) in [5.41, 5.74) is 2.19. The van der Waals surface area contributed by atoms with Crippen molar-refractivity contribution in [2.24, 2.45) is 0 Å². The molecule has 25 heavy (non-hydrogen) atoms. The highest BCUT2D eigenvalue weighted by Gasteiger charge is 2.19. The van der Waals surface area contributed by atoms with Crippen molar-refractivity contribution in [3.05, 3.63) is 59.7 Å². The normalized spacial score (nSPS) is 11.5. The van der Waals surface area contributed by atoms with Crippen LogP contribution in [0.15, 0.2) is 48.5 Å². The van der Waals surface area contributed by atoms with E-state index in [1.54, 1.807) is 38.4 Å². The van der Waals surface area contributed by atoms with Crippen molar-refractivity contribution in [3.63, 3.8) is 0 Å². The summed E-state index contributed by atoms with van der Waals surface area (Å²) in [6.45, 7) is 3.85. The minimum absolute atomic E-state index is 0.0767. The summed E-state index contributed by atoms with van der Waals surface area (Å²) < 4.78 is 5.85. The number of hydrogen-bond donors (Lipinski definition) is 1. The molecule has 132 valence electrons. The fraction of sp³-hybridized carbons (Fsp3) is 0.300. The molecule has 0 bridgehead atoms. The van der Waals surface area contributed by atoms with E-state index in [9.17, 15) is 9.59 Å². The number of anilines is 1. The zero-order chi connectivity index (χ0) is 18.4. The molecule has 0 aliphatic heterocycles. The van der Waals surface area contributed by atoms with Crippen molar-refractivity contribution in [1.29, 1.82) is 0 Å². The van der Waals surface area contributed by atoms with Crippen molar-refractivity contribution in [1.82, 2.24) is 4.90 Å². The van der Waals surface area contributed by atoms with Crippen molar-refractivity contribution in [2.75, 3.05) is 19.4 Å². The quantitative estimate of drug-likeness (QED) is 0.876. The summed E-state index contributed by atoms with van der Waals surface area (Å²) in [5.74, 6) is 0.418. The van der Waals surface area contributed by atoms with Gasteiger partial charge >= 0.3 is 0 Å². The number of nitrogens with one attached hydrogen (secondary N) is 1. The van der Waals surface area contributed by atoms with E-state index in [0.29, 0.717) is 23.4 Å². The van der Waals surface area contributed by atoms with Gasteiger partial charge in [0.05, 0.1) is 0 Å². The molecule has 5 heteroatoms. The molecule has 0 fully saturated rings. The standard InChI is InChI=1S/C20H24N2O3/c1-5-17(25-18-9-7-6-8-14(18)2)19(23)21-16-12-10-15(11-13-16)20(24)22(3)4/h6-13,17H,5H2,1-4H3,(H,21,23). The monoisotopic (exact) mass is 340 g/mol. The molecule has 1 N–H and O–H groups in total. The first kappa shape index (κ1) is 18.5. The van der Waals surface area contributed by atoms with Gasteiger partial charge in [0.2, 0.25) is 0 Å². The predicted molar refractivity (Wildman–Crippen MR) is 99.0 cm³/mol. The number of carbonyl (C=O) groups excluding carboxylic acids is 2. The number of benzene rings is 2. The van der Waals surface area contributed by atoms with E-state index < -0.39 is 6.10 Å². The van der Waals surface area contributed by atoms with E-state index in [2.05, 4.69) is 5.32 Å². The number of ether oxygens (including phenoxy) is 1. The Bertz CT molecular complexity index is 739. The third kappa shape index (κ3) is 4.83.